The molecule has 5 aromatic rings. The number of para-hydroxylation sites is 1. The largest absolute Gasteiger partial charge is 0.360 e. The summed E-state index contributed by atoms with van der Waals surface area (Å²) in [6, 6.07) is 22.2. The Kier molecular flexibility index (Phi) is 8.55. The monoisotopic (exact) mass is 570 g/mol. The van der Waals surface area contributed by atoms with Gasteiger partial charge in [0.15, 0.2) is 0 Å². The molecule has 3 aromatic carbocycles. The minimum atomic E-state index is -0.291. The number of anilines is 4. The molecule has 10 heteroatoms. The molecule has 43 heavy (non-hydrogen) atoms. The Morgan fingerprint density at radius 2 is 1.79 bits per heavy atom. The second kappa shape index (κ2) is 12.8. The molecule has 214 valence electrons. The Balaban J connectivity index is 1.29. The van der Waals surface area contributed by atoms with Crippen molar-refractivity contribution in [3.05, 3.63) is 108 Å². The number of aromatic amines is 1. The van der Waals surface area contributed by atoms with Gasteiger partial charge in [0.2, 0.25) is 11.9 Å². The Morgan fingerprint density at radius 3 is 2.56 bits per heavy atom. The first-order chi connectivity index (χ1) is 20.8. The van der Waals surface area contributed by atoms with Crippen LogP contribution >= 0.6 is 0 Å². The SMILES string of the molecule is Cc1ccc(Nc2ncc(C#N)c(-c3c[nH]c4ccccc34)n2)cc1NC(=O)c1ccc(NC(=O)/C=C/CN(C)C)cc1. The molecule has 5 rings (SSSR count). The first-order valence-corrected chi connectivity index (χ1v) is 13.6. The molecule has 0 saturated heterocycles. The fraction of sp³-hybridized carbons (Fsp3) is 0.121. The minimum Gasteiger partial charge on any atom is -0.360 e. The predicted molar refractivity (Wildman–Crippen MR) is 169 cm³/mol. The van der Waals surface area contributed by atoms with E-state index in [1.807, 2.05) is 68.5 Å². The number of H-pyrrole nitrogens is 1. The molecular weight excluding hydrogens is 540 g/mol. The van der Waals surface area contributed by atoms with E-state index in [0.29, 0.717) is 46.4 Å². The molecule has 2 aromatic heterocycles. The Bertz CT molecular complexity index is 1870. The number of aryl methyl sites for hydroxylation is 1. The van der Waals surface area contributed by atoms with Gasteiger partial charge in [-0.25, -0.2) is 9.97 Å². The van der Waals surface area contributed by atoms with Crippen LogP contribution < -0.4 is 16.0 Å². The number of aromatic nitrogens is 3. The molecule has 0 unspecified atom stereocenters. The fourth-order valence-corrected chi connectivity index (χ4v) is 4.41. The maximum absolute atomic E-state index is 13.0. The lowest BCUT2D eigenvalue weighted by Crippen LogP contribution is -2.14. The average Bonchev–Trinajstić information content (AvgIpc) is 3.43. The number of carbonyl (C=O) groups is 2. The van der Waals surface area contributed by atoms with Crippen LogP contribution in [0, 0.1) is 18.3 Å². The van der Waals surface area contributed by atoms with Crippen molar-refractivity contribution >= 4 is 45.7 Å². The highest BCUT2D eigenvalue weighted by Gasteiger charge is 2.15. The molecule has 0 radical (unpaired) electrons. The van der Waals surface area contributed by atoms with Crippen LogP contribution in [0.4, 0.5) is 23.0 Å². The number of benzene rings is 3. The van der Waals surface area contributed by atoms with Crippen molar-refractivity contribution in [3.8, 4) is 17.3 Å². The van der Waals surface area contributed by atoms with Gasteiger partial charge in [-0.1, -0.05) is 30.3 Å². The number of likely N-dealkylation sites (N-methyl/N-ethyl adjacent to an activating group) is 1. The summed E-state index contributed by atoms with van der Waals surface area (Å²) in [6.07, 6.45) is 6.59. The van der Waals surface area contributed by atoms with Gasteiger partial charge in [-0.2, -0.15) is 5.26 Å². The first kappa shape index (κ1) is 28.7. The highest BCUT2D eigenvalue weighted by atomic mass is 16.2. The maximum Gasteiger partial charge on any atom is 0.255 e. The van der Waals surface area contributed by atoms with Gasteiger partial charge in [0, 0.05) is 57.9 Å². The van der Waals surface area contributed by atoms with Gasteiger partial charge in [0.05, 0.1) is 17.5 Å². The van der Waals surface area contributed by atoms with Crippen LogP contribution in [0.25, 0.3) is 22.2 Å². The third kappa shape index (κ3) is 6.93. The van der Waals surface area contributed by atoms with Crippen LogP contribution in [0.15, 0.2) is 91.3 Å². The van der Waals surface area contributed by atoms with Crippen molar-refractivity contribution in [1.29, 1.82) is 5.26 Å². The lowest BCUT2D eigenvalue weighted by Gasteiger charge is -2.13. The molecule has 0 saturated carbocycles. The highest BCUT2D eigenvalue weighted by Crippen LogP contribution is 2.30. The zero-order chi connectivity index (χ0) is 30.3. The van der Waals surface area contributed by atoms with Gasteiger partial charge in [-0.3, -0.25) is 9.59 Å². The number of nitrogens with one attached hydrogen (secondary N) is 4. The van der Waals surface area contributed by atoms with E-state index in [-0.39, 0.29) is 11.8 Å². The predicted octanol–water partition coefficient (Wildman–Crippen LogP) is 5.86. The average molecular weight is 571 g/mol. The Morgan fingerprint density at radius 1 is 1.02 bits per heavy atom. The van der Waals surface area contributed by atoms with Gasteiger partial charge in [-0.15, -0.1) is 0 Å². The molecule has 0 spiro atoms. The molecule has 0 bridgehead atoms. The summed E-state index contributed by atoms with van der Waals surface area (Å²) in [5.74, 6) is -0.214. The minimum absolute atomic E-state index is 0.237. The zero-order valence-corrected chi connectivity index (χ0v) is 24.0. The Hall–Kier alpha value is -5.79. The van der Waals surface area contributed by atoms with Gasteiger partial charge < -0.3 is 25.8 Å². The molecule has 10 nitrogen and oxygen atoms in total. The number of amides is 2. The standard InChI is InChI=1S/C33H30N8O2/c1-21-10-13-25(38-33-36-19-23(18-34)31(40-33)27-20-35-28-8-5-4-7-26(27)28)17-29(21)39-32(43)22-11-14-24(15-12-22)37-30(42)9-6-16-41(2)3/h4-15,17,19-20,35H,16H2,1-3H3,(H,37,42)(H,39,43)(H,36,38,40)/b9-6+. The van der Waals surface area contributed by atoms with Gasteiger partial charge in [0.1, 0.15) is 6.07 Å². The number of hydrogen-bond acceptors (Lipinski definition) is 7. The number of fused-ring (bicyclic) bond motifs is 1. The highest BCUT2D eigenvalue weighted by molar-refractivity contribution is 6.05. The molecule has 0 aliphatic heterocycles. The molecular formula is C33H30N8O2. The maximum atomic E-state index is 13.0. The summed E-state index contributed by atoms with van der Waals surface area (Å²) in [6.45, 7) is 2.56. The number of rotatable bonds is 9. The molecule has 0 atom stereocenters. The van der Waals surface area contributed by atoms with Gasteiger partial charge >= 0.3 is 0 Å². The zero-order valence-electron chi connectivity index (χ0n) is 24.0. The third-order valence-corrected chi connectivity index (χ3v) is 6.65. The Labute approximate surface area is 249 Å². The van der Waals surface area contributed by atoms with Crippen LogP contribution in [-0.4, -0.2) is 52.3 Å². The van der Waals surface area contributed by atoms with E-state index in [1.54, 1.807) is 36.4 Å². The van der Waals surface area contributed by atoms with Crippen LogP contribution in [0.5, 0.6) is 0 Å². The van der Waals surface area contributed by atoms with E-state index >= 15 is 0 Å². The molecule has 0 aliphatic rings. The van der Waals surface area contributed by atoms with E-state index < -0.39 is 0 Å². The molecule has 2 amide bonds. The van der Waals surface area contributed by atoms with Crippen LogP contribution in [0.1, 0.15) is 21.5 Å². The topological polar surface area (TPSA) is 139 Å². The van der Waals surface area contributed by atoms with Crippen molar-refractivity contribution in [2.45, 2.75) is 6.92 Å². The smallest absolute Gasteiger partial charge is 0.255 e. The summed E-state index contributed by atoms with van der Waals surface area (Å²) in [5.41, 5.74) is 5.81. The van der Waals surface area contributed by atoms with Crippen LogP contribution in [-0.2, 0) is 4.79 Å². The lowest BCUT2D eigenvalue weighted by molar-refractivity contribution is -0.111. The number of carbonyl (C=O) groups excluding carboxylic acids is 2. The summed E-state index contributed by atoms with van der Waals surface area (Å²) < 4.78 is 0. The molecule has 0 fully saturated rings. The second-order valence-electron chi connectivity index (χ2n) is 10.2. The van der Waals surface area contributed by atoms with Crippen LogP contribution in [0.2, 0.25) is 0 Å². The number of nitrogens with zero attached hydrogens (tertiary/aromatic N) is 4. The van der Waals surface area contributed by atoms with Gasteiger partial charge in [0.25, 0.3) is 5.91 Å². The summed E-state index contributed by atoms with van der Waals surface area (Å²) in [7, 11) is 3.85. The summed E-state index contributed by atoms with van der Waals surface area (Å²) in [4.78, 5) is 39.3. The normalized spacial score (nSPS) is 11.0. The lowest BCUT2D eigenvalue weighted by atomic mass is 10.1. The molecule has 4 N–H and O–H groups in total. The molecule has 0 aliphatic carbocycles. The van der Waals surface area contributed by atoms with E-state index in [2.05, 4.69) is 37.0 Å². The second-order valence-corrected chi connectivity index (χ2v) is 10.2. The van der Waals surface area contributed by atoms with E-state index in [4.69, 9.17) is 0 Å². The summed E-state index contributed by atoms with van der Waals surface area (Å²) >= 11 is 0. The van der Waals surface area contributed by atoms with Crippen molar-refractivity contribution in [3.63, 3.8) is 0 Å². The first-order valence-electron chi connectivity index (χ1n) is 13.6. The van der Waals surface area contributed by atoms with Crippen LogP contribution in [0.3, 0.4) is 0 Å². The van der Waals surface area contributed by atoms with E-state index in [1.165, 1.54) is 12.3 Å². The van der Waals surface area contributed by atoms with Gasteiger partial charge in [-0.05, 0) is 69.0 Å². The molecule has 2 heterocycles. The van der Waals surface area contributed by atoms with E-state index in [0.717, 1.165) is 22.0 Å². The van der Waals surface area contributed by atoms with Crippen molar-refractivity contribution < 1.29 is 9.59 Å². The van der Waals surface area contributed by atoms with Crippen molar-refractivity contribution in [1.82, 2.24) is 19.9 Å². The quantitative estimate of drug-likeness (QED) is 0.163. The van der Waals surface area contributed by atoms with Crippen molar-refractivity contribution in [2.24, 2.45) is 0 Å². The van der Waals surface area contributed by atoms with E-state index in [9.17, 15) is 14.9 Å². The van der Waals surface area contributed by atoms with Crippen molar-refractivity contribution in [2.75, 3.05) is 36.6 Å². The fourth-order valence-electron chi connectivity index (χ4n) is 4.41. The number of hydrogen-bond donors (Lipinski definition) is 4. The third-order valence-electron chi connectivity index (χ3n) is 6.65. The number of nitriles is 1. The summed E-state index contributed by atoms with van der Waals surface area (Å²) in [5, 5.41) is 19.6.